The highest BCUT2D eigenvalue weighted by Gasteiger charge is 2.09. The van der Waals surface area contributed by atoms with E-state index < -0.39 is 0 Å². The summed E-state index contributed by atoms with van der Waals surface area (Å²) in [5, 5.41) is 0. The minimum atomic E-state index is 1.12. The zero-order chi connectivity index (χ0) is 13.0. The van der Waals surface area contributed by atoms with Gasteiger partial charge in [-0.25, -0.2) is 0 Å². The maximum Gasteiger partial charge on any atom is -0.0149 e. The fourth-order valence-electron chi connectivity index (χ4n) is 2.36. The van der Waals surface area contributed by atoms with E-state index >= 15 is 0 Å². The van der Waals surface area contributed by atoms with Crippen molar-refractivity contribution in [3.05, 3.63) is 77.4 Å². The van der Waals surface area contributed by atoms with E-state index in [0.29, 0.717) is 0 Å². The summed E-state index contributed by atoms with van der Waals surface area (Å²) < 4.78 is 0. The standard InChI is InChI=1S/C18H20/c1-4-9-17-14(2)10-8-13-18(17)15(3)16-11-6-5-7-12-16/h5-8,10-13H,3-4,9H2,1-2H3. The number of rotatable bonds is 4. The van der Waals surface area contributed by atoms with E-state index in [4.69, 9.17) is 0 Å². The van der Waals surface area contributed by atoms with Crippen molar-refractivity contribution in [3.8, 4) is 0 Å². The third-order valence-electron chi connectivity index (χ3n) is 3.36. The van der Waals surface area contributed by atoms with Gasteiger partial charge in [0.25, 0.3) is 0 Å². The van der Waals surface area contributed by atoms with Gasteiger partial charge in [0.2, 0.25) is 0 Å². The first-order chi connectivity index (χ1) is 8.74. The summed E-state index contributed by atoms with van der Waals surface area (Å²) in [7, 11) is 0. The van der Waals surface area contributed by atoms with Gasteiger partial charge in [-0.3, -0.25) is 0 Å². The summed E-state index contributed by atoms with van der Waals surface area (Å²) >= 11 is 0. The molecule has 2 rings (SSSR count). The summed E-state index contributed by atoms with van der Waals surface area (Å²) in [4.78, 5) is 0. The van der Waals surface area contributed by atoms with Crippen molar-refractivity contribution in [1.29, 1.82) is 0 Å². The summed E-state index contributed by atoms with van der Waals surface area (Å²) in [5.41, 5.74) is 6.44. The van der Waals surface area contributed by atoms with Crippen molar-refractivity contribution in [2.45, 2.75) is 26.7 Å². The lowest BCUT2D eigenvalue weighted by Gasteiger charge is -2.14. The van der Waals surface area contributed by atoms with Crippen LogP contribution in [0.5, 0.6) is 0 Å². The molecule has 0 amide bonds. The van der Waals surface area contributed by atoms with Gasteiger partial charge in [0.05, 0.1) is 0 Å². The zero-order valence-corrected chi connectivity index (χ0v) is 11.2. The third-order valence-corrected chi connectivity index (χ3v) is 3.36. The molecule has 0 saturated heterocycles. The highest BCUT2D eigenvalue weighted by atomic mass is 14.1. The van der Waals surface area contributed by atoms with Crippen LogP contribution in [-0.2, 0) is 6.42 Å². The Morgan fingerprint density at radius 3 is 2.39 bits per heavy atom. The molecule has 0 aromatic heterocycles. The van der Waals surface area contributed by atoms with E-state index in [1.807, 2.05) is 6.07 Å². The van der Waals surface area contributed by atoms with Crippen molar-refractivity contribution >= 4 is 5.57 Å². The Bertz CT molecular complexity index is 535. The van der Waals surface area contributed by atoms with Crippen LogP contribution in [0, 0.1) is 6.92 Å². The molecule has 0 saturated carbocycles. The molecule has 0 N–H and O–H groups in total. The molecule has 0 bridgehead atoms. The van der Waals surface area contributed by atoms with Gasteiger partial charge in [-0.15, -0.1) is 0 Å². The summed E-state index contributed by atoms with van der Waals surface area (Å²) in [5.74, 6) is 0. The SMILES string of the molecule is C=C(c1ccccc1)c1cccc(C)c1CCC. The van der Waals surface area contributed by atoms with Gasteiger partial charge in [0.15, 0.2) is 0 Å². The average Bonchev–Trinajstić information content (AvgIpc) is 2.41. The molecular weight excluding hydrogens is 216 g/mol. The lowest BCUT2D eigenvalue weighted by Crippen LogP contribution is -1.97. The van der Waals surface area contributed by atoms with E-state index in [-0.39, 0.29) is 0 Å². The Hall–Kier alpha value is -1.82. The molecule has 0 heterocycles. The molecule has 0 aliphatic carbocycles. The fourth-order valence-corrected chi connectivity index (χ4v) is 2.36. The maximum atomic E-state index is 4.28. The Balaban J connectivity index is 2.45. The van der Waals surface area contributed by atoms with Crippen molar-refractivity contribution in [3.63, 3.8) is 0 Å². The molecule has 0 nitrogen and oxygen atoms in total. The van der Waals surface area contributed by atoms with Gasteiger partial charge in [-0.05, 0) is 41.2 Å². The third kappa shape index (κ3) is 2.53. The van der Waals surface area contributed by atoms with Crippen molar-refractivity contribution in [2.75, 3.05) is 0 Å². The van der Waals surface area contributed by atoms with Crippen LogP contribution in [0.3, 0.4) is 0 Å². The molecule has 2 aromatic rings. The number of aryl methyl sites for hydroxylation is 1. The molecule has 0 radical (unpaired) electrons. The molecule has 0 spiro atoms. The Labute approximate surface area is 110 Å². The molecule has 0 atom stereocenters. The molecule has 0 unspecified atom stereocenters. The highest BCUT2D eigenvalue weighted by molar-refractivity contribution is 5.80. The van der Waals surface area contributed by atoms with E-state index in [1.54, 1.807) is 0 Å². The van der Waals surface area contributed by atoms with Gasteiger partial charge in [-0.2, -0.15) is 0 Å². The van der Waals surface area contributed by atoms with E-state index in [9.17, 15) is 0 Å². The second kappa shape index (κ2) is 5.68. The molecule has 2 aromatic carbocycles. The second-order valence-electron chi connectivity index (χ2n) is 4.70. The summed E-state index contributed by atoms with van der Waals surface area (Å²) in [6.07, 6.45) is 2.29. The molecule has 0 aliphatic heterocycles. The van der Waals surface area contributed by atoms with Crippen LogP contribution in [0.15, 0.2) is 55.1 Å². The van der Waals surface area contributed by atoms with E-state index in [1.165, 1.54) is 28.7 Å². The van der Waals surface area contributed by atoms with Gasteiger partial charge < -0.3 is 0 Å². The predicted octanol–water partition coefficient (Wildman–Crippen LogP) is 5.01. The lowest BCUT2D eigenvalue weighted by atomic mass is 9.90. The first-order valence-corrected chi connectivity index (χ1v) is 6.57. The minimum absolute atomic E-state index is 1.12. The average molecular weight is 236 g/mol. The van der Waals surface area contributed by atoms with Crippen LogP contribution in [-0.4, -0.2) is 0 Å². The summed E-state index contributed by atoms with van der Waals surface area (Å²) in [6.45, 7) is 8.69. The van der Waals surface area contributed by atoms with Crippen molar-refractivity contribution in [1.82, 2.24) is 0 Å². The molecule has 18 heavy (non-hydrogen) atoms. The van der Waals surface area contributed by atoms with Crippen LogP contribution in [0.1, 0.15) is 35.6 Å². The predicted molar refractivity (Wildman–Crippen MR) is 79.8 cm³/mol. The van der Waals surface area contributed by atoms with Gasteiger partial charge >= 0.3 is 0 Å². The van der Waals surface area contributed by atoms with Gasteiger partial charge in [0, 0.05) is 0 Å². The second-order valence-corrected chi connectivity index (χ2v) is 4.70. The van der Waals surface area contributed by atoms with Crippen LogP contribution < -0.4 is 0 Å². The Kier molecular flexibility index (Phi) is 3.99. The smallest absolute Gasteiger partial charge is 0.0149 e. The van der Waals surface area contributed by atoms with Crippen LogP contribution >= 0.6 is 0 Å². The molecular formula is C18H20. The normalized spacial score (nSPS) is 10.3. The van der Waals surface area contributed by atoms with Gasteiger partial charge in [-0.1, -0.05) is 68.5 Å². The van der Waals surface area contributed by atoms with Crippen LogP contribution in [0.4, 0.5) is 0 Å². The number of benzene rings is 2. The fraction of sp³-hybridized carbons (Fsp3) is 0.222. The van der Waals surface area contributed by atoms with Crippen molar-refractivity contribution in [2.24, 2.45) is 0 Å². The van der Waals surface area contributed by atoms with E-state index in [2.05, 4.69) is 62.9 Å². The number of hydrogen-bond donors (Lipinski definition) is 0. The Morgan fingerprint density at radius 1 is 1.00 bits per heavy atom. The Morgan fingerprint density at radius 2 is 1.72 bits per heavy atom. The first-order valence-electron chi connectivity index (χ1n) is 6.57. The maximum absolute atomic E-state index is 4.28. The largest absolute Gasteiger partial charge is 0.0905 e. The van der Waals surface area contributed by atoms with Crippen LogP contribution in [0.25, 0.3) is 5.57 Å². The number of hydrogen-bond acceptors (Lipinski definition) is 0. The summed E-state index contributed by atoms with van der Waals surface area (Å²) in [6, 6.07) is 16.9. The minimum Gasteiger partial charge on any atom is -0.0905 e. The monoisotopic (exact) mass is 236 g/mol. The van der Waals surface area contributed by atoms with E-state index in [0.717, 1.165) is 12.0 Å². The molecule has 0 fully saturated rings. The molecule has 92 valence electrons. The lowest BCUT2D eigenvalue weighted by molar-refractivity contribution is 0.909. The molecule has 0 aliphatic rings. The zero-order valence-electron chi connectivity index (χ0n) is 11.2. The van der Waals surface area contributed by atoms with Crippen LogP contribution in [0.2, 0.25) is 0 Å². The van der Waals surface area contributed by atoms with Gasteiger partial charge in [0.1, 0.15) is 0 Å². The first kappa shape index (κ1) is 12.6. The quantitative estimate of drug-likeness (QED) is 0.700. The topological polar surface area (TPSA) is 0 Å². The van der Waals surface area contributed by atoms with Crippen molar-refractivity contribution < 1.29 is 0 Å². The molecule has 0 heteroatoms. The highest BCUT2D eigenvalue weighted by Crippen LogP contribution is 2.27.